The van der Waals surface area contributed by atoms with Crippen LogP contribution < -0.4 is 5.14 Å². The van der Waals surface area contributed by atoms with Crippen LogP contribution in [0.3, 0.4) is 0 Å². The fraction of sp³-hybridized carbons (Fsp3) is 0.227. The molecule has 0 aliphatic rings. The minimum Gasteiger partial charge on any atom is -0.679 e. The minimum atomic E-state index is -3.98. The lowest BCUT2D eigenvalue weighted by molar-refractivity contribution is -0.884. The van der Waals surface area contributed by atoms with Gasteiger partial charge in [-0.3, -0.25) is 0 Å². The van der Waals surface area contributed by atoms with E-state index in [4.69, 9.17) is 16.7 Å². The van der Waals surface area contributed by atoms with Gasteiger partial charge >= 0.3 is 0 Å². The Morgan fingerprint density at radius 2 is 1.85 bits per heavy atom. The summed E-state index contributed by atoms with van der Waals surface area (Å²) in [4.78, 5) is 0.838. The molecule has 12 heteroatoms. The van der Waals surface area contributed by atoms with E-state index in [0.717, 1.165) is 15.9 Å². The fourth-order valence-corrected chi connectivity index (χ4v) is 4.77. The van der Waals surface area contributed by atoms with Crippen molar-refractivity contribution < 1.29 is 12.9 Å². The van der Waals surface area contributed by atoms with Crippen LogP contribution in [0.5, 0.6) is 0 Å². The minimum absolute atomic E-state index is 0.00956. The number of rotatable bonds is 7. The number of quaternary nitrogens is 1. The van der Waals surface area contributed by atoms with Crippen LogP contribution in [0.25, 0.3) is 16.7 Å². The summed E-state index contributed by atoms with van der Waals surface area (Å²) in [5, 5.41) is 25.1. The fourth-order valence-electron chi connectivity index (χ4n) is 3.04. The van der Waals surface area contributed by atoms with Crippen molar-refractivity contribution in [2.45, 2.75) is 18.0 Å². The lowest BCUT2D eigenvalue weighted by Gasteiger charge is -2.24. The topological polar surface area (TPSA) is 129 Å². The maximum absolute atomic E-state index is 11.6. The Balaban J connectivity index is 0.000000248. The molecule has 34 heavy (non-hydrogen) atoms. The van der Waals surface area contributed by atoms with Crippen LogP contribution in [0, 0.1) is 0 Å². The Bertz CT molecular complexity index is 1290. The van der Waals surface area contributed by atoms with Crippen molar-refractivity contribution in [3.8, 4) is 11.4 Å². The van der Waals surface area contributed by atoms with Crippen LogP contribution in [0.4, 0.5) is 5.69 Å². The van der Waals surface area contributed by atoms with Crippen molar-refractivity contribution in [2.75, 3.05) is 21.1 Å². The normalized spacial score (nSPS) is 11.6. The largest absolute Gasteiger partial charge is 0.679 e. The number of tetrazole rings is 1. The smallest absolute Gasteiger partial charge is 0.239 e. The summed E-state index contributed by atoms with van der Waals surface area (Å²) >= 11 is 7.59. The summed E-state index contributed by atoms with van der Waals surface area (Å²) in [6, 6.07) is 17.2. The zero-order valence-electron chi connectivity index (χ0n) is 19.0. The van der Waals surface area contributed by atoms with Gasteiger partial charge in [-0.1, -0.05) is 60.6 Å². The van der Waals surface area contributed by atoms with Crippen molar-refractivity contribution in [3.63, 3.8) is 0 Å². The third kappa shape index (κ3) is 7.61. The first-order valence-corrected chi connectivity index (χ1v) is 13.0. The van der Waals surface area contributed by atoms with Gasteiger partial charge in [-0.2, -0.15) is 16.6 Å². The van der Waals surface area contributed by atoms with Crippen LogP contribution >= 0.6 is 22.9 Å². The highest BCUT2D eigenvalue weighted by Crippen LogP contribution is 2.38. The summed E-state index contributed by atoms with van der Waals surface area (Å²) in [6.45, 7) is 1.52. The first kappa shape index (κ1) is 25.8. The highest BCUT2D eigenvalue weighted by Gasteiger charge is 2.17. The first-order chi connectivity index (χ1) is 16.0. The van der Waals surface area contributed by atoms with E-state index in [1.807, 2.05) is 17.5 Å². The van der Waals surface area contributed by atoms with Crippen molar-refractivity contribution in [1.82, 2.24) is 20.6 Å². The van der Waals surface area contributed by atoms with Crippen molar-refractivity contribution in [2.24, 2.45) is 5.14 Å². The summed E-state index contributed by atoms with van der Waals surface area (Å²) < 4.78 is 24.3. The number of nitrogens with one attached hydrogen (secondary N) is 1. The second kappa shape index (κ2) is 11.1. The van der Waals surface area contributed by atoms with E-state index in [-0.39, 0.29) is 15.7 Å². The molecular weight excluding hydrogens is 494 g/mol. The molecule has 2 aromatic carbocycles. The van der Waals surface area contributed by atoms with Gasteiger partial charge in [0.25, 0.3) is 0 Å². The van der Waals surface area contributed by atoms with Gasteiger partial charge in [0.05, 0.1) is 26.2 Å². The molecule has 0 aliphatic heterocycles. The number of benzene rings is 2. The predicted octanol–water partition coefficient (Wildman–Crippen LogP) is 4.33. The number of thiophene rings is 1. The Morgan fingerprint density at radius 1 is 1.12 bits per heavy atom. The number of aromatic nitrogens is 4. The molecule has 0 atom stereocenters. The van der Waals surface area contributed by atoms with Crippen molar-refractivity contribution in [3.05, 3.63) is 80.8 Å². The Hall–Kier alpha value is -2.83. The number of sulfonamides is 1. The average molecular weight is 520 g/mol. The third-order valence-corrected chi connectivity index (χ3v) is 6.66. The molecular formula is C22H26ClN7O2S2. The van der Waals surface area contributed by atoms with E-state index in [0.29, 0.717) is 17.8 Å². The molecule has 2 heterocycles. The number of nitrogens with zero attached hydrogens (tertiary/aromatic N) is 5. The van der Waals surface area contributed by atoms with E-state index in [1.165, 1.54) is 17.7 Å². The Labute approximate surface area is 208 Å². The average Bonchev–Trinajstić information content (AvgIpc) is 3.46. The van der Waals surface area contributed by atoms with Crippen LogP contribution in [0.1, 0.15) is 10.4 Å². The van der Waals surface area contributed by atoms with E-state index < -0.39 is 10.0 Å². The second-order valence-electron chi connectivity index (χ2n) is 8.41. The molecule has 4 rings (SSSR count). The molecule has 180 valence electrons. The molecule has 9 nitrogen and oxygen atoms in total. The maximum atomic E-state index is 11.6. The maximum Gasteiger partial charge on any atom is 0.239 e. The van der Waals surface area contributed by atoms with Crippen LogP contribution in [0.15, 0.2) is 64.9 Å². The lowest BCUT2D eigenvalue weighted by Crippen LogP contribution is -2.33. The second-order valence-corrected chi connectivity index (χ2v) is 11.4. The van der Waals surface area contributed by atoms with Gasteiger partial charge in [0.15, 0.2) is 0 Å². The molecule has 0 unspecified atom stereocenters. The highest BCUT2D eigenvalue weighted by atomic mass is 35.5. The van der Waals surface area contributed by atoms with Gasteiger partial charge in [0.1, 0.15) is 11.4 Å². The molecule has 0 amide bonds. The van der Waals surface area contributed by atoms with Crippen LogP contribution in [-0.4, -0.2) is 54.7 Å². The zero-order valence-corrected chi connectivity index (χ0v) is 21.4. The molecule has 0 saturated carbocycles. The molecule has 0 aliphatic carbocycles. The van der Waals surface area contributed by atoms with Crippen molar-refractivity contribution >= 4 is 38.6 Å². The SMILES string of the molecule is C[N+](C)(C)Cc1ccccc1.NS(=O)(=O)c1cc(-c2nn[nH]n2)c([N-]Cc2cccs2)cc1Cl. The molecule has 4 aromatic rings. The molecule has 0 saturated heterocycles. The van der Waals surface area contributed by atoms with Gasteiger partial charge < -0.3 is 9.80 Å². The number of aromatic amines is 1. The molecule has 0 radical (unpaired) electrons. The van der Waals surface area contributed by atoms with E-state index >= 15 is 0 Å². The number of H-pyrrole nitrogens is 1. The van der Waals surface area contributed by atoms with Gasteiger partial charge in [-0.15, -0.1) is 15.9 Å². The van der Waals surface area contributed by atoms with E-state index in [2.05, 4.69) is 77.4 Å². The molecule has 0 spiro atoms. The summed E-state index contributed by atoms with van der Waals surface area (Å²) in [5.41, 5.74) is 2.24. The number of primary sulfonamides is 1. The van der Waals surface area contributed by atoms with Crippen molar-refractivity contribution in [1.29, 1.82) is 0 Å². The van der Waals surface area contributed by atoms with E-state index in [9.17, 15) is 8.42 Å². The monoisotopic (exact) mass is 519 g/mol. The molecule has 3 N–H and O–H groups in total. The number of halogens is 1. The summed E-state index contributed by atoms with van der Waals surface area (Å²) in [5.74, 6) is 0.205. The Morgan fingerprint density at radius 3 is 2.41 bits per heavy atom. The standard InChI is InChI=1S/C12H10ClN6O2S2.C10H16N/c13-9-5-10(15-6-7-2-1-3-22-7)8(12-16-18-19-17-12)4-11(9)23(14,20)21;1-11(2,3)9-10-7-5-4-6-8-10/h1-5H,6H2,(H2,14,20,21)(H,16,17,18,19);4-8H,9H2,1-3H3/q-1;+1. The van der Waals surface area contributed by atoms with Gasteiger partial charge in [-0.05, 0) is 27.6 Å². The quantitative estimate of drug-likeness (QED) is 0.351. The lowest BCUT2D eigenvalue weighted by atomic mass is 10.1. The number of hydrogen-bond acceptors (Lipinski definition) is 6. The van der Waals surface area contributed by atoms with Crippen LogP contribution in [0.2, 0.25) is 5.02 Å². The third-order valence-electron chi connectivity index (χ3n) is 4.43. The van der Waals surface area contributed by atoms with Crippen LogP contribution in [-0.2, 0) is 23.1 Å². The van der Waals surface area contributed by atoms with Gasteiger partial charge in [0, 0.05) is 11.1 Å². The Kier molecular flexibility index (Phi) is 8.39. The molecule has 2 aromatic heterocycles. The zero-order chi connectivity index (χ0) is 24.8. The first-order valence-electron chi connectivity index (χ1n) is 10.2. The summed E-state index contributed by atoms with van der Waals surface area (Å²) in [7, 11) is 2.62. The van der Waals surface area contributed by atoms with Gasteiger partial charge in [-0.25, -0.2) is 13.6 Å². The molecule has 0 bridgehead atoms. The predicted molar refractivity (Wildman–Crippen MR) is 135 cm³/mol. The van der Waals surface area contributed by atoms with E-state index in [1.54, 1.807) is 11.3 Å². The number of nitrogens with two attached hydrogens (primary N) is 1. The number of hydrogen-bond donors (Lipinski definition) is 2. The van der Waals surface area contributed by atoms with Gasteiger partial charge in [0.2, 0.25) is 15.8 Å². The highest BCUT2D eigenvalue weighted by molar-refractivity contribution is 7.89. The summed E-state index contributed by atoms with van der Waals surface area (Å²) in [6.07, 6.45) is 0. The molecule has 0 fully saturated rings.